The number of hydrogen-bond acceptors (Lipinski definition) is 5. The average molecular weight is 477 g/mol. The number of nitrogens with one attached hydrogen (secondary N) is 3. The summed E-state index contributed by atoms with van der Waals surface area (Å²) in [7, 11) is 0. The Morgan fingerprint density at radius 1 is 1.03 bits per heavy atom. The number of carbonyl (C=O) groups excluding carboxylic acids is 2. The van der Waals surface area contributed by atoms with Gasteiger partial charge in [0.2, 0.25) is 5.91 Å². The van der Waals surface area contributed by atoms with Gasteiger partial charge in [-0.2, -0.15) is 0 Å². The average Bonchev–Trinajstić information content (AvgIpc) is 3.48. The van der Waals surface area contributed by atoms with Crippen molar-refractivity contribution in [2.24, 2.45) is 0 Å². The van der Waals surface area contributed by atoms with Gasteiger partial charge in [-0.05, 0) is 35.1 Å². The molecule has 35 heavy (non-hydrogen) atoms. The Balaban J connectivity index is 1.36. The summed E-state index contributed by atoms with van der Waals surface area (Å²) in [5.74, 6) is -1.32. The van der Waals surface area contributed by atoms with Gasteiger partial charge in [0.15, 0.2) is 0 Å². The molecule has 0 fully saturated rings. The number of aromatic nitrogens is 2. The van der Waals surface area contributed by atoms with Crippen molar-refractivity contribution in [2.75, 3.05) is 13.2 Å². The first-order chi connectivity index (χ1) is 17.0. The van der Waals surface area contributed by atoms with Crippen molar-refractivity contribution in [3.63, 3.8) is 0 Å². The Kier molecular flexibility index (Phi) is 7.77. The van der Waals surface area contributed by atoms with E-state index in [2.05, 4.69) is 32.7 Å². The number of unbranched alkanes of at least 4 members (excludes halogenated alkanes) is 1. The first-order valence-electron chi connectivity index (χ1n) is 11.6. The van der Waals surface area contributed by atoms with Gasteiger partial charge in [0.05, 0.1) is 6.33 Å². The first-order valence-corrected chi connectivity index (χ1v) is 11.6. The smallest absolute Gasteiger partial charge is 0.407 e. The molecule has 0 spiro atoms. The van der Waals surface area contributed by atoms with E-state index in [-0.39, 0.29) is 31.3 Å². The van der Waals surface area contributed by atoms with Crippen molar-refractivity contribution in [3.05, 3.63) is 77.9 Å². The number of amides is 2. The number of rotatable bonds is 11. The molecule has 182 valence electrons. The van der Waals surface area contributed by atoms with Gasteiger partial charge in [0, 0.05) is 37.2 Å². The second-order valence-corrected chi connectivity index (χ2v) is 8.45. The minimum absolute atomic E-state index is 0.0471. The van der Waals surface area contributed by atoms with Crippen LogP contribution in [0.1, 0.15) is 42.0 Å². The lowest BCUT2D eigenvalue weighted by Crippen LogP contribution is -2.48. The number of imidazole rings is 1. The number of ether oxygens (including phenoxy) is 1. The van der Waals surface area contributed by atoms with E-state index in [9.17, 15) is 14.4 Å². The van der Waals surface area contributed by atoms with E-state index in [1.54, 1.807) is 6.20 Å². The minimum Gasteiger partial charge on any atom is -0.481 e. The molecule has 0 aliphatic heterocycles. The summed E-state index contributed by atoms with van der Waals surface area (Å²) in [6, 6.07) is 15.3. The second-order valence-electron chi connectivity index (χ2n) is 8.45. The molecular weight excluding hydrogens is 448 g/mol. The lowest BCUT2D eigenvalue weighted by Gasteiger charge is -2.19. The second kappa shape index (κ2) is 11.3. The van der Waals surface area contributed by atoms with Crippen molar-refractivity contribution in [1.82, 2.24) is 20.6 Å². The number of hydrogen-bond donors (Lipinski definition) is 4. The van der Waals surface area contributed by atoms with Gasteiger partial charge in [0.1, 0.15) is 12.6 Å². The van der Waals surface area contributed by atoms with Crippen LogP contribution in [0.3, 0.4) is 0 Å². The van der Waals surface area contributed by atoms with Gasteiger partial charge in [-0.3, -0.25) is 9.59 Å². The number of carboxylic acid groups (broad SMARTS) is 1. The van der Waals surface area contributed by atoms with E-state index in [0.717, 1.165) is 22.3 Å². The molecule has 4 N–H and O–H groups in total. The summed E-state index contributed by atoms with van der Waals surface area (Å²) in [5.41, 5.74) is 5.17. The van der Waals surface area contributed by atoms with Gasteiger partial charge < -0.3 is 25.5 Å². The van der Waals surface area contributed by atoms with Gasteiger partial charge in [-0.15, -0.1) is 0 Å². The molecule has 1 aromatic heterocycles. The zero-order chi connectivity index (χ0) is 24.6. The van der Waals surface area contributed by atoms with E-state index in [1.165, 1.54) is 6.33 Å². The maximum absolute atomic E-state index is 12.8. The number of aromatic amines is 1. The lowest BCUT2D eigenvalue weighted by molar-refractivity contribution is -0.137. The van der Waals surface area contributed by atoms with E-state index < -0.39 is 18.1 Å². The molecular formula is C26H28N4O5. The highest BCUT2D eigenvalue weighted by molar-refractivity contribution is 5.86. The predicted octanol–water partition coefficient (Wildman–Crippen LogP) is 3.23. The molecule has 3 aromatic rings. The van der Waals surface area contributed by atoms with Crippen LogP contribution in [0.15, 0.2) is 61.1 Å². The largest absolute Gasteiger partial charge is 0.481 e. The highest BCUT2D eigenvalue weighted by atomic mass is 16.5. The normalized spacial score (nSPS) is 12.9. The lowest BCUT2D eigenvalue weighted by atomic mass is 9.98. The molecule has 1 heterocycles. The van der Waals surface area contributed by atoms with E-state index in [0.29, 0.717) is 25.1 Å². The van der Waals surface area contributed by atoms with Crippen LogP contribution >= 0.6 is 0 Å². The molecule has 0 saturated carbocycles. The van der Waals surface area contributed by atoms with Crippen LogP contribution < -0.4 is 10.6 Å². The van der Waals surface area contributed by atoms with E-state index in [1.807, 2.05) is 36.4 Å². The highest BCUT2D eigenvalue weighted by Gasteiger charge is 2.30. The number of alkyl carbamates (subject to hydrolysis) is 1. The minimum atomic E-state index is -0.870. The van der Waals surface area contributed by atoms with Crippen molar-refractivity contribution < 1.29 is 24.2 Å². The maximum Gasteiger partial charge on any atom is 0.407 e. The molecule has 1 aliphatic carbocycles. The Hall–Kier alpha value is -4.14. The molecule has 4 rings (SSSR count). The number of aliphatic carboxylic acids is 1. The molecule has 9 heteroatoms. The zero-order valence-electron chi connectivity index (χ0n) is 19.2. The fourth-order valence-electron chi connectivity index (χ4n) is 4.34. The van der Waals surface area contributed by atoms with E-state index in [4.69, 9.17) is 9.84 Å². The topological polar surface area (TPSA) is 133 Å². The first kappa shape index (κ1) is 24.0. The third-order valence-electron chi connectivity index (χ3n) is 6.05. The van der Waals surface area contributed by atoms with Crippen LogP contribution in [0, 0.1) is 0 Å². The van der Waals surface area contributed by atoms with Crippen molar-refractivity contribution in [1.29, 1.82) is 0 Å². The Bertz CT molecular complexity index is 1130. The van der Waals surface area contributed by atoms with Crippen molar-refractivity contribution in [2.45, 2.75) is 37.6 Å². The molecule has 2 aromatic carbocycles. The van der Waals surface area contributed by atoms with Gasteiger partial charge in [-0.25, -0.2) is 9.78 Å². The Labute approximate surface area is 202 Å². The molecule has 0 bridgehead atoms. The molecule has 0 saturated heterocycles. The molecule has 1 atom stereocenters. The summed E-state index contributed by atoms with van der Waals surface area (Å²) < 4.78 is 5.59. The van der Waals surface area contributed by atoms with Crippen LogP contribution in [-0.4, -0.2) is 52.2 Å². The van der Waals surface area contributed by atoms with Gasteiger partial charge in [0.25, 0.3) is 0 Å². The van der Waals surface area contributed by atoms with Crippen molar-refractivity contribution in [3.8, 4) is 11.1 Å². The fourth-order valence-corrected chi connectivity index (χ4v) is 4.34. The van der Waals surface area contributed by atoms with Crippen LogP contribution in [0.2, 0.25) is 0 Å². The zero-order valence-corrected chi connectivity index (χ0v) is 19.2. The number of carbonyl (C=O) groups is 3. The number of nitrogens with zero attached hydrogens (tertiary/aromatic N) is 1. The Morgan fingerprint density at radius 3 is 2.34 bits per heavy atom. The summed E-state index contributed by atoms with van der Waals surface area (Å²) >= 11 is 0. The summed E-state index contributed by atoms with van der Waals surface area (Å²) in [4.78, 5) is 43.0. The monoisotopic (exact) mass is 476 g/mol. The highest BCUT2D eigenvalue weighted by Crippen LogP contribution is 2.44. The molecule has 9 nitrogen and oxygen atoms in total. The van der Waals surface area contributed by atoms with Crippen molar-refractivity contribution >= 4 is 18.0 Å². The molecule has 0 radical (unpaired) electrons. The van der Waals surface area contributed by atoms with Gasteiger partial charge in [-0.1, -0.05) is 48.5 Å². The van der Waals surface area contributed by atoms with Gasteiger partial charge >= 0.3 is 12.1 Å². The number of benzene rings is 2. The number of carboxylic acids is 1. The standard InChI is InChI=1S/C26H28N4O5/c31-24(32)11-5-6-12-28-25(33)23(13-17-14-27-16-29-17)30-26(34)35-15-22-20-9-3-1-7-18(20)19-8-2-4-10-21(19)22/h1-4,7-10,14,16,22-23H,5-6,11-13,15H2,(H,27,29)(H,28,33)(H,30,34)(H,31,32)/t23-/m1/s1. The van der Waals surface area contributed by atoms with Crippen LogP contribution in [0.4, 0.5) is 4.79 Å². The summed E-state index contributed by atoms with van der Waals surface area (Å²) in [6.07, 6.45) is 3.66. The maximum atomic E-state index is 12.8. The fraction of sp³-hybridized carbons (Fsp3) is 0.308. The van der Waals surface area contributed by atoms with Crippen LogP contribution in [0.5, 0.6) is 0 Å². The summed E-state index contributed by atoms with van der Waals surface area (Å²) in [6.45, 7) is 0.464. The third-order valence-corrected chi connectivity index (χ3v) is 6.05. The number of fused-ring (bicyclic) bond motifs is 3. The Morgan fingerprint density at radius 2 is 1.71 bits per heavy atom. The quantitative estimate of drug-likeness (QED) is 0.314. The van der Waals surface area contributed by atoms with Crippen LogP contribution in [-0.2, 0) is 20.7 Å². The molecule has 1 aliphatic rings. The number of H-pyrrole nitrogens is 1. The molecule has 0 unspecified atom stereocenters. The van der Waals surface area contributed by atoms with E-state index >= 15 is 0 Å². The SMILES string of the molecule is O=C(O)CCCCNC(=O)[C@@H](Cc1cnc[nH]1)NC(=O)OCC1c2ccccc2-c2ccccc21. The summed E-state index contributed by atoms with van der Waals surface area (Å²) in [5, 5.41) is 14.2. The van der Waals surface area contributed by atoms with Crippen LogP contribution in [0.25, 0.3) is 11.1 Å². The third kappa shape index (κ3) is 6.06. The molecule has 2 amide bonds. The predicted molar refractivity (Wildman–Crippen MR) is 129 cm³/mol.